The number of nitrogens with two attached hydrogens (primary N) is 1. The highest BCUT2D eigenvalue weighted by Crippen LogP contribution is 2.28. The molecule has 5 N–H and O–H groups in total. The number of hydrogen-bond donors (Lipinski definition) is 4. The lowest BCUT2D eigenvalue weighted by Gasteiger charge is -2.37. The van der Waals surface area contributed by atoms with E-state index in [1.807, 2.05) is 0 Å². The highest BCUT2D eigenvalue weighted by molar-refractivity contribution is 5.29. The average molecular weight is 484 g/mol. The first-order chi connectivity index (χ1) is 15.8. The monoisotopic (exact) mass is 484 g/mol. The van der Waals surface area contributed by atoms with Gasteiger partial charge in [-0.1, -0.05) is 0 Å². The van der Waals surface area contributed by atoms with E-state index >= 15 is 0 Å². The summed E-state index contributed by atoms with van der Waals surface area (Å²) in [4.78, 5) is 7.09. The van der Waals surface area contributed by atoms with Gasteiger partial charge in [-0.3, -0.25) is 0 Å². The van der Waals surface area contributed by atoms with Crippen LogP contribution in [0.25, 0.3) is 0 Å². The van der Waals surface area contributed by atoms with E-state index in [0.717, 1.165) is 12.3 Å². The molecule has 190 valence electrons. The van der Waals surface area contributed by atoms with Gasteiger partial charge in [-0.15, -0.1) is 0 Å². The Bertz CT molecular complexity index is 675. The molecule has 0 amide bonds. The minimum Gasteiger partial charge on any atom is -0.388 e. The number of halogens is 3. The van der Waals surface area contributed by atoms with Crippen molar-refractivity contribution in [3.8, 4) is 0 Å². The molecule has 0 aromatic carbocycles. The zero-order valence-electron chi connectivity index (χ0n) is 18.1. The first-order valence-electron chi connectivity index (χ1n) is 10.5. The Hall–Kier alpha value is -1.65. The molecule has 2 heterocycles. The van der Waals surface area contributed by atoms with Gasteiger partial charge in [0.15, 0.2) is 0 Å². The number of aliphatic hydroxyl groups is 2. The van der Waals surface area contributed by atoms with Crippen LogP contribution in [0.2, 0.25) is 0 Å². The number of anilines is 1. The summed E-state index contributed by atoms with van der Waals surface area (Å²) >= 11 is 0. The van der Waals surface area contributed by atoms with Crippen molar-refractivity contribution in [2.45, 2.75) is 30.5 Å². The van der Waals surface area contributed by atoms with Crippen molar-refractivity contribution in [2.75, 3.05) is 71.3 Å². The van der Waals surface area contributed by atoms with Crippen LogP contribution >= 0.6 is 0 Å². The molecule has 4 atom stereocenters. The molecule has 2 rings (SSSR count). The van der Waals surface area contributed by atoms with Gasteiger partial charge < -0.3 is 44.9 Å². The van der Waals surface area contributed by atoms with Crippen LogP contribution in [0.15, 0.2) is 12.3 Å². The topological polar surface area (TPSA) is 150 Å². The van der Waals surface area contributed by atoms with E-state index in [0.29, 0.717) is 46.2 Å². The van der Waals surface area contributed by atoms with Gasteiger partial charge in [0.25, 0.3) is 0 Å². The second-order valence-corrected chi connectivity index (χ2v) is 7.07. The Morgan fingerprint density at radius 3 is 2.21 bits per heavy atom. The number of nitrogens with one attached hydrogen (secondary N) is 1. The summed E-state index contributed by atoms with van der Waals surface area (Å²) in [7, 11) is 0. The summed E-state index contributed by atoms with van der Waals surface area (Å²) in [6.45, 7) is 3.13. The molecule has 1 aromatic heterocycles. The van der Waals surface area contributed by atoms with Crippen molar-refractivity contribution in [3.05, 3.63) is 18.0 Å². The molecule has 0 radical (unpaired) electrons. The molecule has 0 bridgehead atoms. The number of aliphatic hydroxyl groups excluding tert-OH is 2. The maximum absolute atomic E-state index is 12.8. The number of hydrogen-bond acceptors (Lipinski definition) is 11. The Morgan fingerprint density at radius 1 is 1.00 bits per heavy atom. The lowest BCUT2D eigenvalue weighted by molar-refractivity contribution is -0.161. The predicted octanol–water partition coefficient (Wildman–Crippen LogP) is -0.578. The molecule has 1 saturated heterocycles. The minimum absolute atomic E-state index is 0.00332. The Labute approximate surface area is 189 Å². The third kappa shape index (κ3) is 10.0. The standard InChI is InChI=1S/C19H31F3N4O7/c20-19(21,22)15-1-3-24-18(26-15)25-13-11-33-14(17(28)16(13)27)12-32-10-9-31-8-7-30-6-5-29-4-2-23/h1,3,13-14,16-17,27-28H,2,4-12,23H2,(H,24,25,26). The van der Waals surface area contributed by atoms with Gasteiger partial charge in [-0.2, -0.15) is 13.2 Å². The first kappa shape index (κ1) is 27.6. The Morgan fingerprint density at radius 2 is 1.61 bits per heavy atom. The van der Waals surface area contributed by atoms with Crippen LogP contribution in [0, 0.1) is 0 Å². The third-order valence-corrected chi connectivity index (χ3v) is 4.55. The van der Waals surface area contributed by atoms with Gasteiger partial charge in [-0.25, -0.2) is 9.97 Å². The molecule has 0 aliphatic carbocycles. The summed E-state index contributed by atoms with van der Waals surface area (Å²) in [5.41, 5.74) is 4.17. The maximum atomic E-state index is 12.8. The number of alkyl halides is 3. The van der Waals surface area contributed by atoms with Crippen molar-refractivity contribution in [1.29, 1.82) is 0 Å². The van der Waals surface area contributed by atoms with E-state index in [4.69, 9.17) is 29.4 Å². The second kappa shape index (κ2) is 14.6. The summed E-state index contributed by atoms with van der Waals surface area (Å²) in [5, 5.41) is 23.1. The minimum atomic E-state index is -4.63. The summed E-state index contributed by atoms with van der Waals surface area (Å²) in [6.07, 6.45) is -7.13. The van der Waals surface area contributed by atoms with Crippen LogP contribution in [0.1, 0.15) is 5.69 Å². The molecule has 1 aliphatic rings. The van der Waals surface area contributed by atoms with Crippen LogP contribution < -0.4 is 11.1 Å². The lowest BCUT2D eigenvalue weighted by atomic mass is 9.98. The van der Waals surface area contributed by atoms with E-state index in [9.17, 15) is 23.4 Å². The van der Waals surface area contributed by atoms with Crippen molar-refractivity contribution >= 4 is 5.95 Å². The molecular weight excluding hydrogens is 453 g/mol. The van der Waals surface area contributed by atoms with Gasteiger partial charge in [-0.05, 0) is 6.07 Å². The molecular formula is C19H31F3N4O7. The van der Waals surface area contributed by atoms with Crippen LogP contribution in [0.3, 0.4) is 0 Å². The second-order valence-electron chi connectivity index (χ2n) is 7.07. The van der Waals surface area contributed by atoms with Crippen molar-refractivity contribution in [3.63, 3.8) is 0 Å². The maximum Gasteiger partial charge on any atom is 0.433 e. The van der Waals surface area contributed by atoms with Crippen molar-refractivity contribution in [1.82, 2.24) is 9.97 Å². The van der Waals surface area contributed by atoms with Crippen LogP contribution in [0.4, 0.5) is 19.1 Å². The molecule has 33 heavy (non-hydrogen) atoms. The Kier molecular flexibility index (Phi) is 12.2. The lowest BCUT2D eigenvalue weighted by Crippen LogP contribution is -2.57. The summed E-state index contributed by atoms with van der Waals surface area (Å²) < 4.78 is 65.0. The first-order valence-corrected chi connectivity index (χ1v) is 10.5. The SMILES string of the molecule is NCCOCCOCCOCCOCC1OCC(Nc2nccc(C(F)(F)F)n2)C(O)C1O. The van der Waals surface area contributed by atoms with E-state index in [1.54, 1.807) is 0 Å². The van der Waals surface area contributed by atoms with Gasteiger partial charge in [0.2, 0.25) is 5.95 Å². The average Bonchev–Trinajstić information content (AvgIpc) is 2.78. The number of rotatable bonds is 15. The summed E-state index contributed by atoms with van der Waals surface area (Å²) in [5.74, 6) is -0.330. The molecule has 0 spiro atoms. The normalized spacial score (nSPS) is 23.6. The number of aromatic nitrogens is 2. The van der Waals surface area contributed by atoms with Gasteiger partial charge in [0.1, 0.15) is 24.0 Å². The van der Waals surface area contributed by atoms with Gasteiger partial charge in [0, 0.05) is 12.7 Å². The van der Waals surface area contributed by atoms with Gasteiger partial charge in [0.05, 0.1) is 65.5 Å². The predicted molar refractivity (Wildman–Crippen MR) is 109 cm³/mol. The molecule has 1 fully saturated rings. The van der Waals surface area contributed by atoms with Crippen LogP contribution in [-0.4, -0.2) is 111 Å². The van der Waals surface area contributed by atoms with Crippen molar-refractivity contribution in [2.24, 2.45) is 5.73 Å². The smallest absolute Gasteiger partial charge is 0.388 e. The zero-order valence-corrected chi connectivity index (χ0v) is 18.1. The fraction of sp³-hybridized carbons (Fsp3) is 0.789. The zero-order chi connectivity index (χ0) is 24.1. The molecule has 1 aromatic rings. The van der Waals surface area contributed by atoms with E-state index in [2.05, 4.69) is 15.3 Å². The molecule has 11 nitrogen and oxygen atoms in total. The highest BCUT2D eigenvalue weighted by atomic mass is 19.4. The molecule has 4 unspecified atom stereocenters. The van der Waals surface area contributed by atoms with Crippen LogP contribution in [0.5, 0.6) is 0 Å². The van der Waals surface area contributed by atoms with E-state index < -0.39 is 36.2 Å². The molecule has 1 aliphatic heterocycles. The fourth-order valence-electron chi connectivity index (χ4n) is 2.85. The fourth-order valence-corrected chi connectivity index (χ4v) is 2.85. The van der Waals surface area contributed by atoms with Crippen molar-refractivity contribution < 1.29 is 47.1 Å². The number of ether oxygens (including phenoxy) is 5. The number of nitrogens with zero attached hydrogens (tertiary/aromatic N) is 2. The van der Waals surface area contributed by atoms with Gasteiger partial charge >= 0.3 is 6.18 Å². The third-order valence-electron chi connectivity index (χ3n) is 4.55. The quantitative estimate of drug-likeness (QED) is 0.237. The molecule has 0 saturated carbocycles. The molecule has 14 heteroatoms. The highest BCUT2D eigenvalue weighted by Gasteiger charge is 2.39. The van der Waals surface area contributed by atoms with Crippen LogP contribution in [-0.2, 0) is 29.9 Å². The largest absolute Gasteiger partial charge is 0.433 e. The summed E-state index contributed by atoms with van der Waals surface area (Å²) in [6, 6.07) is -0.165. The Balaban J connectivity index is 1.60. The van der Waals surface area contributed by atoms with E-state index in [1.165, 1.54) is 0 Å². The van der Waals surface area contributed by atoms with E-state index in [-0.39, 0.29) is 25.8 Å².